The van der Waals surface area contributed by atoms with Gasteiger partial charge in [-0.15, -0.1) is 0 Å². The molecule has 31 nitrogen and oxygen atoms in total. The number of anilines is 2. The molecular formula is C57H80F3N11O20P2. The number of nitrogens with zero attached hydrogens (tertiary/aromatic N) is 7. The van der Waals surface area contributed by atoms with E-state index in [9.17, 15) is 43.0 Å². The Bertz CT molecular complexity index is 3720. The fraction of sp³-hybridized carbons (Fsp3) is 0.614. The van der Waals surface area contributed by atoms with Gasteiger partial charge in [0, 0.05) is 24.4 Å². The Hall–Kier alpha value is -7.13. The van der Waals surface area contributed by atoms with Gasteiger partial charge in [-0.3, -0.25) is 56.0 Å². The Morgan fingerprint density at radius 2 is 1.49 bits per heavy atom. The molecule has 0 spiro atoms. The van der Waals surface area contributed by atoms with E-state index in [1.54, 1.807) is 80.5 Å². The third-order valence-electron chi connectivity index (χ3n) is 14.8. The van der Waals surface area contributed by atoms with Gasteiger partial charge >= 0.3 is 44.9 Å². The molecule has 5 aromatic rings. The number of aromatic amines is 1. The second kappa shape index (κ2) is 29.7. The highest BCUT2D eigenvalue weighted by Crippen LogP contribution is 2.60. The maximum Gasteiger partial charge on any atom is 0.475 e. The van der Waals surface area contributed by atoms with E-state index in [2.05, 4.69) is 25.0 Å². The summed E-state index contributed by atoms with van der Waals surface area (Å²) < 4.78 is 136. The van der Waals surface area contributed by atoms with Gasteiger partial charge in [0.05, 0.1) is 62.8 Å². The quantitative estimate of drug-likeness (QED) is 0.0323. The van der Waals surface area contributed by atoms with Gasteiger partial charge in [-0.1, -0.05) is 45.9 Å². The number of aliphatic hydroxyl groups excluding tert-OH is 1. The molecule has 2 unspecified atom stereocenters. The third-order valence-corrected chi connectivity index (χ3v) is 18.1. The van der Waals surface area contributed by atoms with Crippen molar-refractivity contribution in [2.24, 2.45) is 17.8 Å². The minimum Gasteiger partial charge on any atom is -0.476 e. The van der Waals surface area contributed by atoms with E-state index in [0.717, 1.165) is 28.3 Å². The molecule has 3 saturated heterocycles. The normalized spacial score (nSPS) is 29.2. The molecule has 0 bridgehead atoms. The fourth-order valence-electron chi connectivity index (χ4n) is 10.3. The maximum atomic E-state index is 15.9. The molecular weight excluding hydrogens is 1280 g/mol. The van der Waals surface area contributed by atoms with Gasteiger partial charge in [-0.2, -0.15) is 20.0 Å². The molecule has 4 aromatic heterocycles. The van der Waals surface area contributed by atoms with E-state index < -0.39 is 153 Å². The lowest BCUT2D eigenvalue weighted by Crippen LogP contribution is -2.45. The van der Waals surface area contributed by atoms with Crippen LogP contribution in [0.1, 0.15) is 115 Å². The average molecular weight is 1360 g/mol. The number of esters is 3. The molecule has 1 saturated carbocycles. The summed E-state index contributed by atoms with van der Waals surface area (Å²) in [5, 5.41) is 13.0. The fourth-order valence-corrected chi connectivity index (χ4v) is 13.4. The minimum absolute atomic E-state index is 0.0324. The molecule has 1 aromatic carbocycles. The topological polar surface area (TPSA) is 405 Å². The number of aliphatic hydroxyl groups is 1. The van der Waals surface area contributed by atoms with Gasteiger partial charge in [0.1, 0.15) is 48.1 Å². The highest BCUT2D eigenvalue weighted by Gasteiger charge is 2.62. The number of carbonyl (C=O) groups excluding carboxylic acids is 3. The van der Waals surface area contributed by atoms with Crippen LogP contribution in [0.4, 0.5) is 24.9 Å². The second-order valence-electron chi connectivity index (χ2n) is 23.9. The second-order valence-corrected chi connectivity index (χ2v) is 27.2. The first-order chi connectivity index (χ1) is 43.4. The van der Waals surface area contributed by atoms with Crippen LogP contribution in [0, 0.1) is 17.8 Å². The largest absolute Gasteiger partial charge is 0.476 e. The monoisotopic (exact) mass is 1360 g/mol. The number of hydrogen-bond donors (Lipinski definition) is 5. The van der Waals surface area contributed by atoms with Crippen molar-refractivity contribution in [1.82, 2.24) is 43.7 Å². The van der Waals surface area contributed by atoms with Gasteiger partial charge in [0.15, 0.2) is 40.6 Å². The number of rotatable bonds is 21. The molecule has 4 aliphatic rings. The lowest BCUT2D eigenvalue weighted by atomic mass is 9.98. The smallest absolute Gasteiger partial charge is 0.475 e. The summed E-state index contributed by atoms with van der Waals surface area (Å²) in [6, 6.07) is 8.32. The molecule has 514 valence electrons. The van der Waals surface area contributed by atoms with Crippen LogP contribution in [0.5, 0.6) is 11.6 Å². The number of alkyl halides is 3. The number of hydrogen-bond acceptors (Lipinski definition) is 26. The van der Waals surface area contributed by atoms with Crippen molar-refractivity contribution in [3.8, 4) is 11.6 Å². The zero-order valence-corrected chi connectivity index (χ0v) is 55.2. The van der Waals surface area contributed by atoms with Crippen LogP contribution in [-0.4, -0.2) is 154 Å². The summed E-state index contributed by atoms with van der Waals surface area (Å²) >= 11 is 0. The summed E-state index contributed by atoms with van der Waals surface area (Å²) in [5.41, 5.74) is 2.88. The number of nitrogens with two attached hydrogens (primary N) is 2. The summed E-state index contributed by atoms with van der Waals surface area (Å²) in [4.78, 5) is 90.0. The Morgan fingerprint density at radius 3 is 2.11 bits per heavy atom. The molecule has 15 atom stereocenters. The van der Waals surface area contributed by atoms with E-state index in [1.165, 1.54) is 56.1 Å². The molecule has 0 radical (unpaired) electrons. The molecule has 36 heteroatoms. The van der Waals surface area contributed by atoms with Gasteiger partial charge in [0.2, 0.25) is 11.8 Å². The zero-order chi connectivity index (χ0) is 68.9. The van der Waals surface area contributed by atoms with Crippen molar-refractivity contribution in [3.05, 3.63) is 92.5 Å². The molecule has 9 rings (SSSR count). The van der Waals surface area contributed by atoms with Crippen molar-refractivity contribution in [2.45, 2.75) is 181 Å². The van der Waals surface area contributed by atoms with Crippen LogP contribution in [0.2, 0.25) is 0 Å². The zero-order valence-electron chi connectivity index (χ0n) is 53.4. The van der Waals surface area contributed by atoms with Gasteiger partial charge < -0.3 is 49.5 Å². The SMILES string of the molecule is CC(C)C(=O)OC[C@H]1C[C@@H](n2ccc(N)nc2=O)[C@](C)(F)[C@@H]1OC(=O)C(C)C.CC(C)OC(=O)[C@H](C)NP(=O)(OC[C@H]1O[C@@H](n2ccc(=O)[nH]c2=O)[C@](C)(F)[C@@H]1O)Oc1ccccc1.CCOc1nc(N)nc2c1ncn2[C@@H]1O[C@@H]2COP(=O)(OC(C)C)O[C@H]2[C@@]1(C)F. The number of phosphoric acid groups is 1. The van der Waals surface area contributed by atoms with E-state index in [4.69, 9.17) is 62.5 Å². The van der Waals surface area contributed by atoms with Crippen molar-refractivity contribution in [2.75, 3.05) is 37.9 Å². The van der Waals surface area contributed by atoms with Crippen molar-refractivity contribution < 1.29 is 92.8 Å². The van der Waals surface area contributed by atoms with E-state index in [1.807, 2.05) is 4.98 Å². The number of fused-ring (bicyclic) bond motifs is 2. The Kier molecular flexibility index (Phi) is 23.4. The first-order valence-corrected chi connectivity index (χ1v) is 32.7. The lowest BCUT2D eigenvalue weighted by molar-refractivity contribution is -0.166. The van der Waals surface area contributed by atoms with Crippen LogP contribution >= 0.6 is 15.6 Å². The molecule has 7 heterocycles. The minimum atomic E-state index is -4.30. The summed E-state index contributed by atoms with van der Waals surface area (Å²) in [5.74, 6) is -2.76. The predicted molar refractivity (Wildman–Crippen MR) is 324 cm³/mol. The van der Waals surface area contributed by atoms with Gasteiger partial charge in [-0.05, 0) is 86.9 Å². The summed E-state index contributed by atoms with van der Waals surface area (Å²) in [7, 11) is -8.21. The standard InChI is InChI=1S/C22H29FN3O9P.C19H28FN3O5.C16H23FN5O6P/c1-13(2)33-19(29)14(3)25-36(31,35-15-8-6-5-7-9-15)32-12-16-18(28)22(4,23)20(34-16)26-11-10-17(27)24-21(26)30;1-10(2)16(24)27-9-12-8-13(23-7-6-14(21)22-18(23)26)19(5,20)15(12)28-17(25)11(3)4;1-5-24-13-10-12(20-15(18)21-13)22(7-19-10)14-16(4,17)11-9(26-14)6-25-29(23,28-11)27-8(2)3/h5-11,13-14,16,18,20,28H,12H2,1-4H3,(H,25,31)(H,24,27,30);6-7,10-13,15H,8-9H2,1-5H3,(H2,21,22,26);7-9,11,14H,5-6H2,1-4H3,(H2,18,20,21)/t14-,16+,18+,20+,22+,36?;12-,13-,15-,19+;9-,11-,14-,16-,29?/m011/s1. The number of nitrogen functional groups attached to an aromatic ring is 2. The molecule has 0 amide bonds. The average Bonchev–Trinajstić information content (AvgIpc) is 1.60. The number of carbonyl (C=O) groups is 3. The number of aromatic nitrogens is 8. The van der Waals surface area contributed by atoms with E-state index in [0.29, 0.717) is 12.1 Å². The van der Waals surface area contributed by atoms with Crippen LogP contribution in [0.3, 0.4) is 0 Å². The van der Waals surface area contributed by atoms with E-state index >= 15 is 13.2 Å². The first kappa shape index (κ1) is 73.3. The van der Waals surface area contributed by atoms with Crippen LogP contribution < -0.4 is 42.8 Å². The van der Waals surface area contributed by atoms with Crippen molar-refractivity contribution in [3.63, 3.8) is 0 Å². The number of nitrogens with one attached hydrogen (secondary N) is 2. The molecule has 4 fully saturated rings. The number of benzene rings is 1. The lowest BCUT2D eigenvalue weighted by Gasteiger charge is -2.34. The third kappa shape index (κ3) is 17.2. The highest BCUT2D eigenvalue weighted by atomic mass is 31.2. The van der Waals surface area contributed by atoms with Crippen molar-refractivity contribution >= 4 is 56.4 Å². The van der Waals surface area contributed by atoms with Gasteiger partial charge in [-0.25, -0.2) is 36.9 Å². The molecule has 3 aliphatic heterocycles. The maximum absolute atomic E-state index is 15.9. The molecule has 93 heavy (non-hydrogen) atoms. The Balaban J connectivity index is 0.000000200. The van der Waals surface area contributed by atoms with Crippen LogP contribution in [0.15, 0.2) is 75.6 Å². The number of halogens is 3. The molecule has 7 N–H and O–H groups in total. The summed E-state index contributed by atoms with van der Waals surface area (Å²) in [6.07, 6.45) is -6.07. The number of phosphoric ester groups is 1. The first-order valence-electron chi connectivity index (χ1n) is 29.7. The van der Waals surface area contributed by atoms with Crippen molar-refractivity contribution in [1.29, 1.82) is 0 Å². The van der Waals surface area contributed by atoms with Gasteiger partial charge in [0.25, 0.3) is 5.56 Å². The number of para-hydroxylation sites is 1. The molecule has 1 aliphatic carbocycles. The highest BCUT2D eigenvalue weighted by molar-refractivity contribution is 7.52. The predicted octanol–water partition coefficient (Wildman–Crippen LogP) is 5.92. The number of ether oxygens (including phenoxy) is 6. The Labute approximate surface area is 531 Å². The Morgan fingerprint density at radius 1 is 0.839 bits per heavy atom. The number of imidazole rings is 1. The van der Waals surface area contributed by atoms with Crippen LogP contribution in [-0.2, 0) is 65.3 Å². The van der Waals surface area contributed by atoms with E-state index in [-0.39, 0.29) is 54.6 Å². The summed E-state index contributed by atoms with van der Waals surface area (Å²) in [6.45, 7) is 19.6. The van der Waals surface area contributed by atoms with Crippen LogP contribution in [0.25, 0.3) is 11.2 Å². The number of H-pyrrole nitrogens is 1.